The predicted octanol–water partition coefficient (Wildman–Crippen LogP) is 2.68. The second-order valence-corrected chi connectivity index (χ2v) is 3.79. The van der Waals surface area contributed by atoms with Gasteiger partial charge < -0.3 is 4.74 Å². The first-order chi connectivity index (χ1) is 7.02. The summed E-state index contributed by atoms with van der Waals surface area (Å²) >= 11 is 5.76. The Morgan fingerprint density at radius 3 is 2.87 bits per heavy atom. The molecule has 0 spiro atoms. The van der Waals surface area contributed by atoms with Crippen molar-refractivity contribution in [3.63, 3.8) is 0 Å². The van der Waals surface area contributed by atoms with Crippen molar-refractivity contribution in [3.05, 3.63) is 27.4 Å². The van der Waals surface area contributed by atoms with Gasteiger partial charge in [0.2, 0.25) is 5.88 Å². The molecule has 0 fully saturated rings. The summed E-state index contributed by atoms with van der Waals surface area (Å²) in [5, 5.41) is 10.5. The first-order valence-corrected chi connectivity index (χ1v) is 4.82. The minimum absolute atomic E-state index is 0.0526. The Kier molecular flexibility index (Phi) is 3.85. The van der Waals surface area contributed by atoms with E-state index in [0.717, 1.165) is 0 Å². The van der Waals surface area contributed by atoms with Crippen LogP contribution in [0.4, 0.5) is 5.69 Å². The Bertz CT molecular complexity index is 368. The lowest BCUT2D eigenvalue weighted by Gasteiger charge is -2.08. The van der Waals surface area contributed by atoms with Crippen molar-refractivity contribution in [1.82, 2.24) is 4.98 Å². The van der Waals surface area contributed by atoms with E-state index < -0.39 is 4.92 Å². The van der Waals surface area contributed by atoms with Crippen molar-refractivity contribution in [2.75, 3.05) is 6.61 Å². The van der Waals surface area contributed by atoms with Crippen molar-refractivity contribution < 1.29 is 9.66 Å². The summed E-state index contributed by atoms with van der Waals surface area (Å²) in [6.07, 6.45) is 1.31. The number of hydrogen-bond acceptors (Lipinski definition) is 4. The van der Waals surface area contributed by atoms with Gasteiger partial charge in [0.1, 0.15) is 0 Å². The van der Waals surface area contributed by atoms with Crippen LogP contribution in [-0.2, 0) is 0 Å². The third kappa shape index (κ3) is 3.06. The van der Waals surface area contributed by atoms with Gasteiger partial charge in [-0.15, -0.1) is 0 Å². The molecule has 1 aromatic heterocycles. The van der Waals surface area contributed by atoms with Crippen LogP contribution in [0.3, 0.4) is 0 Å². The fourth-order valence-electron chi connectivity index (χ4n) is 0.902. The third-order valence-corrected chi connectivity index (χ3v) is 1.94. The van der Waals surface area contributed by atoms with Gasteiger partial charge in [-0.1, -0.05) is 25.4 Å². The molecule has 0 aliphatic carbocycles. The molecule has 0 atom stereocenters. The number of rotatable bonds is 4. The Morgan fingerprint density at radius 1 is 1.67 bits per heavy atom. The molecule has 1 aromatic rings. The molecule has 0 N–H and O–H groups in total. The highest BCUT2D eigenvalue weighted by Crippen LogP contribution is 2.31. The number of pyridine rings is 1. The molecule has 15 heavy (non-hydrogen) atoms. The van der Waals surface area contributed by atoms with Gasteiger partial charge in [0.15, 0.2) is 5.02 Å². The molecule has 6 heteroatoms. The van der Waals surface area contributed by atoms with E-state index >= 15 is 0 Å². The Morgan fingerprint density at radius 2 is 2.33 bits per heavy atom. The number of nitrogens with zero attached hydrogens (tertiary/aromatic N) is 2. The van der Waals surface area contributed by atoms with Gasteiger partial charge in [-0.2, -0.15) is 0 Å². The van der Waals surface area contributed by atoms with Crippen molar-refractivity contribution in [2.45, 2.75) is 13.8 Å². The van der Waals surface area contributed by atoms with Crippen LogP contribution in [0.5, 0.6) is 5.88 Å². The second-order valence-electron chi connectivity index (χ2n) is 3.41. The molecule has 0 aliphatic heterocycles. The topological polar surface area (TPSA) is 65.3 Å². The van der Waals surface area contributed by atoms with Gasteiger partial charge in [0, 0.05) is 12.3 Å². The minimum Gasteiger partial charge on any atom is -0.476 e. The molecular formula is C9H11ClN2O3. The van der Waals surface area contributed by atoms with Crippen LogP contribution in [0.2, 0.25) is 5.02 Å². The van der Waals surface area contributed by atoms with Gasteiger partial charge in [-0.25, -0.2) is 4.98 Å². The minimum atomic E-state index is -0.563. The fraction of sp³-hybridized carbons (Fsp3) is 0.444. The van der Waals surface area contributed by atoms with Gasteiger partial charge in [-0.05, 0) is 5.92 Å². The summed E-state index contributed by atoms with van der Waals surface area (Å²) in [6.45, 7) is 4.35. The third-order valence-electron chi connectivity index (χ3n) is 1.59. The zero-order valence-electron chi connectivity index (χ0n) is 8.44. The highest BCUT2D eigenvalue weighted by molar-refractivity contribution is 6.33. The van der Waals surface area contributed by atoms with Crippen LogP contribution in [-0.4, -0.2) is 16.5 Å². The van der Waals surface area contributed by atoms with Crippen LogP contribution in [0.15, 0.2) is 12.3 Å². The number of halogens is 1. The Balaban J connectivity index is 2.89. The largest absolute Gasteiger partial charge is 0.476 e. The predicted molar refractivity (Wildman–Crippen MR) is 56.2 cm³/mol. The van der Waals surface area contributed by atoms with Crippen LogP contribution < -0.4 is 4.74 Å². The lowest BCUT2D eigenvalue weighted by atomic mass is 10.2. The molecule has 5 nitrogen and oxygen atoms in total. The SMILES string of the molecule is CC(C)COc1nccc([N+](=O)[O-])c1Cl. The molecule has 1 heterocycles. The zero-order chi connectivity index (χ0) is 11.4. The Hall–Kier alpha value is -1.36. The highest BCUT2D eigenvalue weighted by Gasteiger charge is 2.17. The summed E-state index contributed by atoms with van der Waals surface area (Å²) in [5.41, 5.74) is -0.189. The molecule has 0 radical (unpaired) electrons. The average molecular weight is 231 g/mol. The Labute approximate surface area is 92.2 Å². The molecule has 82 valence electrons. The summed E-state index contributed by atoms with van der Waals surface area (Å²) in [6, 6.07) is 1.24. The van der Waals surface area contributed by atoms with Crippen LogP contribution in [0.25, 0.3) is 0 Å². The first kappa shape index (κ1) is 11.7. The standard InChI is InChI=1S/C9H11ClN2O3/c1-6(2)5-15-9-8(10)7(12(13)14)3-4-11-9/h3-4,6H,5H2,1-2H3. The van der Waals surface area contributed by atoms with Gasteiger partial charge >= 0.3 is 0 Å². The first-order valence-electron chi connectivity index (χ1n) is 4.44. The van der Waals surface area contributed by atoms with E-state index in [-0.39, 0.29) is 16.6 Å². The quantitative estimate of drug-likeness (QED) is 0.589. The maximum absolute atomic E-state index is 10.5. The van der Waals surface area contributed by atoms with E-state index in [1.807, 2.05) is 13.8 Å². The molecule has 0 aromatic carbocycles. The lowest BCUT2D eigenvalue weighted by Crippen LogP contribution is -2.06. The number of aromatic nitrogens is 1. The van der Waals surface area contributed by atoms with E-state index in [1.54, 1.807) is 0 Å². The molecule has 1 rings (SSSR count). The van der Waals surface area contributed by atoms with Crippen LogP contribution >= 0.6 is 11.6 Å². The molecule has 0 aliphatic rings. The number of nitro groups is 1. The molecule has 0 amide bonds. The van der Waals surface area contributed by atoms with E-state index in [0.29, 0.717) is 12.5 Å². The van der Waals surface area contributed by atoms with Crippen LogP contribution in [0, 0.1) is 16.0 Å². The summed E-state index contributed by atoms with van der Waals surface area (Å²) in [7, 11) is 0. The van der Waals surface area contributed by atoms with E-state index in [1.165, 1.54) is 12.3 Å². The van der Waals surface area contributed by atoms with Crippen molar-refractivity contribution in [3.8, 4) is 5.88 Å². The second kappa shape index (κ2) is 4.93. The number of hydrogen-bond donors (Lipinski definition) is 0. The van der Waals surface area contributed by atoms with Crippen molar-refractivity contribution in [2.24, 2.45) is 5.92 Å². The zero-order valence-corrected chi connectivity index (χ0v) is 9.19. The average Bonchev–Trinajstić information content (AvgIpc) is 2.15. The van der Waals surface area contributed by atoms with Crippen molar-refractivity contribution in [1.29, 1.82) is 0 Å². The molecule has 0 saturated heterocycles. The van der Waals surface area contributed by atoms with E-state index in [2.05, 4.69) is 4.98 Å². The lowest BCUT2D eigenvalue weighted by molar-refractivity contribution is -0.384. The van der Waals surface area contributed by atoms with Gasteiger partial charge in [-0.3, -0.25) is 10.1 Å². The van der Waals surface area contributed by atoms with Crippen LogP contribution in [0.1, 0.15) is 13.8 Å². The van der Waals surface area contributed by atoms with E-state index in [4.69, 9.17) is 16.3 Å². The van der Waals surface area contributed by atoms with Gasteiger partial charge in [0.25, 0.3) is 5.69 Å². The molecule has 0 bridgehead atoms. The maximum atomic E-state index is 10.5. The summed E-state index contributed by atoms with van der Waals surface area (Å²) < 4.78 is 5.24. The molecule has 0 saturated carbocycles. The summed E-state index contributed by atoms with van der Waals surface area (Å²) in [5.74, 6) is 0.418. The number of ether oxygens (including phenoxy) is 1. The van der Waals surface area contributed by atoms with Gasteiger partial charge in [0.05, 0.1) is 11.5 Å². The summed E-state index contributed by atoms with van der Waals surface area (Å²) in [4.78, 5) is 13.8. The molecular weight excluding hydrogens is 220 g/mol. The maximum Gasteiger partial charge on any atom is 0.294 e. The fourth-order valence-corrected chi connectivity index (χ4v) is 1.14. The monoisotopic (exact) mass is 230 g/mol. The smallest absolute Gasteiger partial charge is 0.294 e. The normalized spacial score (nSPS) is 10.4. The highest BCUT2D eigenvalue weighted by atomic mass is 35.5. The molecule has 0 unspecified atom stereocenters. The van der Waals surface area contributed by atoms with Crippen molar-refractivity contribution >= 4 is 17.3 Å². The van der Waals surface area contributed by atoms with E-state index in [9.17, 15) is 10.1 Å².